The van der Waals surface area contributed by atoms with E-state index in [2.05, 4.69) is 5.32 Å². The van der Waals surface area contributed by atoms with Gasteiger partial charge >= 0.3 is 0 Å². The molecule has 0 saturated heterocycles. The molecule has 0 aliphatic carbocycles. The van der Waals surface area contributed by atoms with Gasteiger partial charge in [0.05, 0.1) is 10.6 Å². The normalized spacial score (nSPS) is 12.5. The molecule has 1 N–H and O–H groups in total. The van der Waals surface area contributed by atoms with Crippen LogP contribution in [0, 0.1) is 12.7 Å². The lowest BCUT2D eigenvalue weighted by Gasteiger charge is -2.33. The number of aryl methyl sites for hydroxylation is 1. The van der Waals surface area contributed by atoms with Crippen molar-refractivity contribution in [2.75, 3.05) is 10.8 Å². The molecular formula is C29H34FN3O4S. The predicted octanol–water partition coefficient (Wildman–Crippen LogP) is 4.66. The van der Waals surface area contributed by atoms with Crippen molar-refractivity contribution in [3.05, 3.63) is 95.8 Å². The van der Waals surface area contributed by atoms with Gasteiger partial charge in [-0.1, -0.05) is 48.5 Å². The van der Waals surface area contributed by atoms with Gasteiger partial charge in [-0.05, 0) is 70.5 Å². The molecule has 0 bridgehead atoms. The number of amides is 2. The third-order valence-corrected chi connectivity index (χ3v) is 7.65. The monoisotopic (exact) mass is 539 g/mol. The molecule has 0 aliphatic heterocycles. The number of nitrogens with one attached hydrogen (secondary N) is 1. The van der Waals surface area contributed by atoms with Gasteiger partial charge in [-0.15, -0.1) is 0 Å². The van der Waals surface area contributed by atoms with E-state index < -0.39 is 45.8 Å². The van der Waals surface area contributed by atoms with Crippen LogP contribution in [0.25, 0.3) is 0 Å². The first-order chi connectivity index (χ1) is 17.8. The zero-order valence-electron chi connectivity index (χ0n) is 22.3. The summed E-state index contributed by atoms with van der Waals surface area (Å²) in [4.78, 5) is 28.1. The molecule has 3 aromatic rings. The predicted molar refractivity (Wildman–Crippen MR) is 146 cm³/mol. The van der Waals surface area contributed by atoms with Crippen LogP contribution in [-0.4, -0.2) is 43.3 Å². The van der Waals surface area contributed by atoms with Crippen LogP contribution in [0.2, 0.25) is 0 Å². The van der Waals surface area contributed by atoms with E-state index in [9.17, 15) is 22.4 Å². The number of anilines is 1. The van der Waals surface area contributed by atoms with Crippen LogP contribution in [0.4, 0.5) is 10.1 Å². The highest BCUT2D eigenvalue weighted by molar-refractivity contribution is 7.92. The van der Waals surface area contributed by atoms with Gasteiger partial charge in [0.2, 0.25) is 11.8 Å². The molecule has 38 heavy (non-hydrogen) atoms. The number of hydrogen-bond acceptors (Lipinski definition) is 4. The summed E-state index contributed by atoms with van der Waals surface area (Å²) in [5.74, 6) is -1.61. The Balaban J connectivity index is 2.04. The fraction of sp³-hybridized carbons (Fsp3) is 0.310. The van der Waals surface area contributed by atoms with E-state index in [1.165, 1.54) is 35.2 Å². The second-order valence-electron chi connectivity index (χ2n) is 10.2. The molecule has 2 amide bonds. The summed E-state index contributed by atoms with van der Waals surface area (Å²) in [6.45, 7) is 8.01. The van der Waals surface area contributed by atoms with E-state index >= 15 is 0 Å². The van der Waals surface area contributed by atoms with Crippen LogP contribution >= 0.6 is 0 Å². The van der Waals surface area contributed by atoms with Gasteiger partial charge in [0.1, 0.15) is 18.4 Å². The Hall–Kier alpha value is -3.72. The molecule has 0 fully saturated rings. The van der Waals surface area contributed by atoms with Gasteiger partial charge in [0, 0.05) is 17.6 Å². The van der Waals surface area contributed by atoms with E-state index in [1.54, 1.807) is 49.4 Å². The van der Waals surface area contributed by atoms with E-state index in [-0.39, 0.29) is 17.0 Å². The summed E-state index contributed by atoms with van der Waals surface area (Å²) in [5.41, 5.74) is 0.760. The topological polar surface area (TPSA) is 86.8 Å². The van der Waals surface area contributed by atoms with Gasteiger partial charge in [0.25, 0.3) is 10.0 Å². The minimum absolute atomic E-state index is 0.0217. The van der Waals surface area contributed by atoms with Crippen molar-refractivity contribution in [1.82, 2.24) is 10.2 Å². The molecule has 3 aromatic carbocycles. The molecule has 202 valence electrons. The van der Waals surface area contributed by atoms with Crippen molar-refractivity contribution in [2.45, 2.75) is 57.6 Å². The van der Waals surface area contributed by atoms with Gasteiger partial charge in [0.15, 0.2) is 0 Å². The van der Waals surface area contributed by atoms with E-state index in [4.69, 9.17) is 0 Å². The quantitative estimate of drug-likeness (QED) is 0.429. The summed E-state index contributed by atoms with van der Waals surface area (Å²) in [5, 5.41) is 2.84. The standard InChI is InChI=1S/C29H34FN3O4S/c1-21-12-11-14-24(18-21)33(38(36,37)25-15-7-6-8-16-25)20-27(34)32(19-23-13-9-10-17-26(23)30)22(2)28(35)31-29(3,4)5/h6-18,22H,19-20H2,1-5H3,(H,31,35). The maximum absolute atomic E-state index is 14.6. The second kappa shape index (κ2) is 11.8. The van der Waals surface area contributed by atoms with Gasteiger partial charge in [-0.2, -0.15) is 0 Å². The third kappa shape index (κ3) is 7.19. The Morgan fingerprint density at radius 2 is 1.58 bits per heavy atom. The maximum Gasteiger partial charge on any atom is 0.264 e. The summed E-state index contributed by atoms with van der Waals surface area (Å²) < 4.78 is 43.1. The first-order valence-electron chi connectivity index (χ1n) is 12.3. The molecule has 0 aromatic heterocycles. The zero-order chi connectivity index (χ0) is 28.1. The Morgan fingerprint density at radius 3 is 2.18 bits per heavy atom. The lowest BCUT2D eigenvalue weighted by molar-refractivity contribution is -0.140. The third-order valence-electron chi connectivity index (χ3n) is 5.86. The van der Waals surface area contributed by atoms with Gasteiger partial charge in [-0.3, -0.25) is 13.9 Å². The minimum atomic E-state index is -4.14. The van der Waals surface area contributed by atoms with Crippen molar-refractivity contribution < 1.29 is 22.4 Å². The highest BCUT2D eigenvalue weighted by atomic mass is 32.2. The number of rotatable bonds is 9. The van der Waals surface area contributed by atoms with Crippen LogP contribution in [0.1, 0.15) is 38.8 Å². The molecular weight excluding hydrogens is 505 g/mol. The van der Waals surface area contributed by atoms with Crippen LogP contribution in [0.5, 0.6) is 0 Å². The molecule has 1 atom stereocenters. The molecule has 9 heteroatoms. The first-order valence-corrected chi connectivity index (χ1v) is 13.7. The van der Waals surface area contributed by atoms with E-state index in [0.29, 0.717) is 5.69 Å². The summed E-state index contributed by atoms with van der Waals surface area (Å²) in [6.07, 6.45) is 0. The van der Waals surface area contributed by atoms with E-state index in [1.807, 2.05) is 33.8 Å². The lowest BCUT2D eigenvalue weighted by Crippen LogP contribution is -2.54. The number of carbonyl (C=O) groups is 2. The first kappa shape index (κ1) is 28.8. The lowest BCUT2D eigenvalue weighted by atomic mass is 10.1. The molecule has 1 unspecified atom stereocenters. The SMILES string of the molecule is Cc1cccc(N(CC(=O)N(Cc2ccccc2F)C(C)C(=O)NC(C)(C)C)S(=O)(=O)c2ccccc2)c1. The van der Waals surface area contributed by atoms with Crippen molar-refractivity contribution in [2.24, 2.45) is 0 Å². The zero-order valence-corrected chi connectivity index (χ0v) is 23.1. The second-order valence-corrected chi connectivity index (χ2v) is 12.1. The van der Waals surface area contributed by atoms with Crippen LogP contribution in [0.3, 0.4) is 0 Å². The summed E-state index contributed by atoms with van der Waals surface area (Å²) >= 11 is 0. The highest BCUT2D eigenvalue weighted by Gasteiger charge is 2.33. The molecule has 0 spiro atoms. The fourth-order valence-corrected chi connectivity index (χ4v) is 5.33. The number of hydrogen-bond donors (Lipinski definition) is 1. The molecule has 0 saturated carbocycles. The molecule has 3 rings (SSSR count). The van der Waals surface area contributed by atoms with Crippen molar-refractivity contribution in [1.29, 1.82) is 0 Å². The minimum Gasteiger partial charge on any atom is -0.350 e. The summed E-state index contributed by atoms with van der Waals surface area (Å²) in [7, 11) is -4.14. The average Bonchev–Trinajstić information content (AvgIpc) is 2.85. The summed E-state index contributed by atoms with van der Waals surface area (Å²) in [6, 6.07) is 19.6. The number of halogens is 1. The Kier molecular flexibility index (Phi) is 8.93. The molecule has 0 radical (unpaired) electrons. The van der Waals surface area contributed by atoms with Crippen LogP contribution in [-0.2, 0) is 26.2 Å². The van der Waals surface area contributed by atoms with Gasteiger partial charge < -0.3 is 10.2 Å². The van der Waals surface area contributed by atoms with Crippen LogP contribution < -0.4 is 9.62 Å². The highest BCUT2D eigenvalue weighted by Crippen LogP contribution is 2.25. The Bertz CT molecular complexity index is 1390. The maximum atomic E-state index is 14.6. The largest absolute Gasteiger partial charge is 0.350 e. The fourth-order valence-electron chi connectivity index (χ4n) is 3.90. The van der Waals surface area contributed by atoms with E-state index in [0.717, 1.165) is 9.87 Å². The number of benzene rings is 3. The molecule has 0 aliphatic rings. The Morgan fingerprint density at radius 1 is 0.947 bits per heavy atom. The average molecular weight is 540 g/mol. The Labute approximate surface area is 224 Å². The van der Waals surface area contributed by atoms with Crippen molar-refractivity contribution in [3.63, 3.8) is 0 Å². The van der Waals surface area contributed by atoms with Crippen LogP contribution in [0.15, 0.2) is 83.8 Å². The van der Waals surface area contributed by atoms with Crippen molar-refractivity contribution >= 4 is 27.5 Å². The number of nitrogens with zero attached hydrogens (tertiary/aromatic N) is 2. The van der Waals surface area contributed by atoms with Gasteiger partial charge in [-0.25, -0.2) is 12.8 Å². The molecule has 0 heterocycles. The number of sulfonamides is 1. The smallest absolute Gasteiger partial charge is 0.264 e. The number of carbonyl (C=O) groups excluding carboxylic acids is 2. The molecule has 7 nitrogen and oxygen atoms in total. The van der Waals surface area contributed by atoms with Crippen molar-refractivity contribution in [3.8, 4) is 0 Å².